The van der Waals surface area contributed by atoms with E-state index in [4.69, 9.17) is 20.9 Å². The van der Waals surface area contributed by atoms with Crippen LogP contribution >= 0.6 is 0 Å². The van der Waals surface area contributed by atoms with Crippen molar-refractivity contribution in [2.45, 2.75) is 32.1 Å². The number of terminal acetylenes is 1. The number of aliphatic imine (C=N–C) groups is 1. The van der Waals surface area contributed by atoms with Crippen molar-refractivity contribution in [2.24, 2.45) is 16.3 Å². The number of halogens is 2. The van der Waals surface area contributed by atoms with Crippen LogP contribution in [0.25, 0.3) is 32.8 Å². The van der Waals surface area contributed by atoms with Gasteiger partial charge in [0.05, 0.1) is 25.4 Å². The normalized spacial score (nSPS) is 20.0. The number of fused-ring (bicyclic) bond motifs is 2. The Morgan fingerprint density at radius 3 is 2.68 bits per heavy atom. The van der Waals surface area contributed by atoms with Gasteiger partial charge in [-0.2, -0.15) is 9.97 Å². The summed E-state index contributed by atoms with van der Waals surface area (Å²) < 4.78 is 43.6. The number of phenolic OH excluding ortho intramolecular Hbond substituents is 1. The van der Waals surface area contributed by atoms with Gasteiger partial charge in [-0.3, -0.25) is 4.90 Å². The summed E-state index contributed by atoms with van der Waals surface area (Å²) in [6.45, 7) is 6.12. The highest BCUT2D eigenvalue weighted by Crippen LogP contribution is 2.47. The van der Waals surface area contributed by atoms with Gasteiger partial charge in [0, 0.05) is 67.7 Å². The number of nitrogens with zero attached hydrogens (tertiary/aromatic N) is 5. The zero-order chi connectivity index (χ0) is 32.5. The van der Waals surface area contributed by atoms with Crippen LogP contribution in [0.15, 0.2) is 41.4 Å². The van der Waals surface area contributed by atoms with E-state index in [0.29, 0.717) is 34.5 Å². The Morgan fingerprint density at radius 1 is 1.09 bits per heavy atom. The number of anilines is 1. The molecule has 2 saturated heterocycles. The Balaban J connectivity index is 1.31. The molecule has 0 radical (unpaired) electrons. The first-order valence-electron chi connectivity index (χ1n) is 16.4. The Kier molecular flexibility index (Phi) is 8.69. The minimum Gasteiger partial charge on any atom is -0.508 e. The molecule has 0 amide bonds. The number of phenols is 1. The fourth-order valence-electron chi connectivity index (χ4n) is 7.09. The molecule has 1 aromatic heterocycles. The zero-order valence-electron chi connectivity index (χ0n) is 26.6. The van der Waals surface area contributed by atoms with Gasteiger partial charge < -0.3 is 24.5 Å². The third-order valence-corrected chi connectivity index (χ3v) is 9.81. The summed E-state index contributed by atoms with van der Waals surface area (Å²) in [6.07, 6.45) is 12.7. The van der Waals surface area contributed by atoms with Gasteiger partial charge in [0.15, 0.2) is 5.82 Å². The van der Waals surface area contributed by atoms with Crippen molar-refractivity contribution < 1.29 is 23.4 Å². The number of hydrogen-bond acceptors (Lipinski definition) is 8. The summed E-state index contributed by atoms with van der Waals surface area (Å²) in [7, 11) is 1.80. The highest BCUT2D eigenvalue weighted by Gasteiger charge is 2.45. The lowest BCUT2D eigenvalue weighted by Crippen LogP contribution is -2.41. The van der Waals surface area contributed by atoms with E-state index >= 15 is 4.39 Å². The van der Waals surface area contributed by atoms with Crippen molar-refractivity contribution in [3.05, 3.63) is 53.6 Å². The first kappa shape index (κ1) is 31.3. The van der Waals surface area contributed by atoms with Crippen LogP contribution in [0, 0.1) is 35.3 Å². The Morgan fingerprint density at radius 2 is 1.91 bits per heavy atom. The Bertz CT molecular complexity index is 1880. The van der Waals surface area contributed by atoms with Crippen LogP contribution in [-0.2, 0) is 4.74 Å². The summed E-state index contributed by atoms with van der Waals surface area (Å²) in [5, 5.41) is 12.0. The lowest BCUT2D eigenvalue weighted by molar-refractivity contribution is 0.0231. The van der Waals surface area contributed by atoms with Gasteiger partial charge >= 0.3 is 6.01 Å². The molecule has 3 fully saturated rings. The number of aromatic nitrogens is 2. The van der Waals surface area contributed by atoms with E-state index < -0.39 is 11.6 Å². The maximum atomic E-state index is 16.9. The maximum Gasteiger partial charge on any atom is 0.319 e. The minimum atomic E-state index is -0.615. The van der Waals surface area contributed by atoms with Gasteiger partial charge in [-0.05, 0) is 73.2 Å². The molecule has 2 aliphatic heterocycles. The molecule has 8 nitrogen and oxygen atoms in total. The summed E-state index contributed by atoms with van der Waals surface area (Å²) in [5.41, 5.74) is 0.563. The van der Waals surface area contributed by atoms with Crippen molar-refractivity contribution in [1.82, 2.24) is 14.9 Å². The summed E-state index contributed by atoms with van der Waals surface area (Å²) in [5.74, 6) is 2.12. The zero-order valence-corrected chi connectivity index (χ0v) is 26.6. The van der Waals surface area contributed by atoms with Crippen LogP contribution in [0.3, 0.4) is 0 Å². The first-order valence-corrected chi connectivity index (χ1v) is 16.4. The van der Waals surface area contributed by atoms with Crippen LogP contribution in [0.5, 0.6) is 11.8 Å². The predicted octanol–water partition coefficient (Wildman–Crippen LogP) is 6.21. The van der Waals surface area contributed by atoms with Crippen molar-refractivity contribution in [3.63, 3.8) is 0 Å². The number of morpholine rings is 1. The van der Waals surface area contributed by atoms with Crippen molar-refractivity contribution >= 4 is 33.7 Å². The summed E-state index contributed by atoms with van der Waals surface area (Å²) in [4.78, 5) is 18.4. The van der Waals surface area contributed by atoms with E-state index in [1.54, 1.807) is 19.2 Å². The summed E-state index contributed by atoms with van der Waals surface area (Å²) in [6, 6.07) is 9.25. The van der Waals surface area contributed by atoms with Gasteiger partial charge in [0.2, 0.25) is 0 Å². The molecule has 47 heavy (non-hydrogen) atoms. The molecule has 0 bridgehead atoms. The van der Waals surface area contributed by atoms with Gasteiger partial charge in [-0.15, -0.1) is 6.42 Å². The Labute approximate surface area is 273 Å². The molecule has 3 aliphatic rings. The van der Waals surface area contributed by atoms with E-state index in [-0.39, 0.29) is 39.4 Å². The number of rotatable bonds is 8. The first-order chi connectivity index (χ1) is 22.9. The molecule has 3 heterocycles. The molecule has 1 atom stereocenters. The fourth-order valence-corrected chi connectivity index (χ4v) is 7.09. The number of hydrogen-bond donors (Lipinski definition) is 1. The second kappa shape index (κ2) is 13.1. The van der Waals surface area contributed by atoms with Gasteiger partial charge in [0.25, 0.3) is 0 Å². The van der Waals surface area contributed by atoms with Crippen LogP contribution < -0.4 is 9.64 Å². The van der Waals surface area contributed by atoms with Crippen molar-refractivity contribution in [2.75, 3.05) is 64.5 Å². The van der Waals surface area contributed by atoms with Gasteiger partial charge in [-0.25, -0.2) is 8.78 Å². The molecule has 1 unspecified atom stereocenters. The average molecular weight is 640 g/mol. The fraction of sp³-hybridized carbons (Fsp3) is 0.432. The van der Waals surface area contributed by atoms with Crippen LogP contribution in [0.2, 0.25) is 0 Å². The molecular weight excluding hydrogens is 600 g/mol. The van der Waals surface area contributed by atoms with Crippen LogP contribution in [0.4, 0.5) is 14.6 Å². The standard InChI is InChI=1S/C37H39F2N5O3/c1-3-27-31(38)9-6-25-19-26(45)20-30(32(25)27)28-7-8-29-34(33(28)39)41-36(42-35(29)44-13-4-5-24(10-14-44)21-40-2)47-23-37(11-12-37)22-43-15-17-46-18-16-43/h1,6-9,19-21,24,45H,4-5,10-18,22-23H2,2H3/b40-21-. The smallest absolute Gasteiger partial charge is 0.319 e. The third kappa shape index (κ3) is 6.34. The molecule has 3 aromatic carbocycles. The molecule has 4 aromatic rings. The average Bonchev–Trinajstić information content (AvgIpc) is 3.88. The summed E-state index contributed by atoms with van der Waals surface area (Å²) >= 11 is 0. The van der Waals surface area contributed by atoms with Gasteiger partial charge in [0.1, 0.15) is 22.9 Å². The number of benzene rings is 3. The third-order valence-electron chi connectivity index (χ3n) is 9.81. The molecule has 10 heteroatoms. The monoisotopic (exact) mass is 639 g/mol. The largest absolute Gasteiger partial charge is 0.508 e. The molecule has 7 rings (SSSR count). The highest BCUT2D eigenvalue weighted by molar-refractivity contribution is 6.04. The molecule has 1 saturated carbocycles. The molecule has 0 spiro atoms. The van der Waals surface area contributed by atoms with E-state index in [1.807, 2.05) is 6.21 Å². The second-order valence-electron chi connectivity index (χ2n) is 13.1. The topological polar surface area (TPSA) is 83.3 Å². The molecule has 1 N–H and O–H groups in total. The predicted molar refractivity (Wildman–Crippen MR) is 180 cm³/mol. The van der Waals surface area contributed by atoms with Crippen molar-refractivity contribution in [3.8, 4) is 35.2 Å². The number of ether oxygens (including phenoxy) is 2. The van der Waals surface area contributed by atoms with Crippen LogP contribution in [0.1, 0.15) is 37.7 Å². The van der Waals surface area contributed by atoms with E-state index in [1.165, 1.54) is 24.3 Å². The lowest BCUT2D eigenvalue weighted by Gasteiger charge is -2.30. The lowest BCUT2D eigenvalue weighted by atomic mass is 9.93. The van der Waals surface area contributed by atoms with E-state index in [0.717, 1.165) is 78.0 Å². The Hall–Kier alpha value is -4.33. The second-order valence-corrected chi connectivity index (χ2v) is 13.1. The number of aromatic hydroxyl groups is 1. The molecule has 244 valence electrons. The highest BCUT2D eigenvalue weighted by atomic mass is 19.1. The maximum absolute atomic E-state index is 16.9. The van der Waals surface area contributed by atoms with Crippen LogP contribution in [-0.4, -0.2) is 85.8 Å². The SMILES string of the molecule is C#Cc1c(F)ccc2cc(O)cc(-c3ccc4c(N5CCCC(/C=N\C)CC5)nc(OCC5(CN6CCOCC6)CC5)nc4c3F)c12. The minimum absolute atomic E-state index is 0.00846. The van der Waals surface area contributed by atoms with Crippen molar-refractivity contribution in [1.29, 1.82) is 0 Å². The van der Waals surface area contributed by atoms with E-state index in [9.17, 15) is 9.50 Å². The quantitative estimate of drug-likeness (QED) is 0.181. The van der Waals surface area contributed by atoms with Gasteiger partial charge in [-0.1, -0.05) is 18.1 Å². The molecule has 1 aliphatic carbocycles. The molecular formula is C37H39F2N5O3. The van der Waals surface area contributed by atoms with E-state index in [2.05, 4.69) is 25.7 Å².